The highest BCUT2D eigenvalue weighted by Crippen LogP contribution is 2.32. The molecule has 2 heterocycles. The Morgan fingerprint density at radius 3 is 3.20 bits per heavy atom. The molecule has 1 N–H and O–H groups in total. The average Bonchev–Trinajstić information content (AvgIpc) is 2.82. The lowest BCUT2D eigenvalue weighted by atomic mass is 9.98. The van der Waals surface area contributed by atoms with Crippen LogP contribution in [0.5, 0.6) is 0 Å². The molecule has 0 saturated heterocycles. The Hall–Kier alpha value is -0.870. The minimum Gasteiger partial charge on any atom is -0.355 e. The fourth-order valence-electron chi connectivity index (χ4n) is 1.81. The second-order valence-electron chi connectivity index (χ2n) is 3.68. The van der Waals surface area contributed by atoms with Crippen molar-refractivity contribution in [1.29, 1.82) is 0 Å². The molecule has 0 aromatic carbocycles. The van der Waals surface area contributed by atoms with Crippen LogP contribution in [0.25, 0.3) is 10.3 Å². The van der Waals surface area contributed by atoms with Crippen molar-refractivity contribution in [1.82, 2.24) is 10.5 Å². The number of hydrogen-bond donors (Lipinski definition) is 1. The van der Waals surface area contributed by atoms with Crippen molar-refractivity contribution >= 4 is 21.6 Å². The van der Waals surface area contributed by atoms with E-state index < -0.39 is 0 Å². The summed E-state index contributed by atoms with van der Waals surface area (Å²) in [7, 11) is 1.98. The highest BCUT2D eigenvalue weighted by molar-refractivity contribution is 7.17. The first-order valence-corrected chi connectivity index (χ1v) is 6.22. The van der Waals surface area contributed by atoms with Crippen molar-refractivity contribution in [3.63, 3.8) is 0 Å². The summed E-state index contributed by atoms with van der Waals surface area (Å²) < 4.78 is 6.51. The number of aromatic nitrogens is 1. The van der Waals surface area contributed by atoms with Gasteiger partial charge in [0.25, 0.3) is 0 Å². The van der Waals surface area contributed by atoms with Crippen molar-refractivity contribution in [3.05, 3.63) is 17.1 Å². The van der Waals surface area contributed by atoms with Gasteiger partial charge < -0.3 is 9.84 Å². The fraction of sp³-hybridized carbons (Fsp3) is 0.545. The highest BCUT2D eigenvalue weighted by Gasteiger charge is 2.17. The molecule has 0 radical (unpaired) electrons. The first kappa shape index (κ1) is 10.6. The summed E-state index contributed by atoms with van der Waals surface area (Å²) in [5.41, 5.74) is 2.07. The average molecular weight is 224 g/mol. The molecule has 0 saturated carbocycles. The van der Waals surface area contributed by atoms with Gasteiger partial charge in [0.15, 0.2) is 5.58 Å². The quantitative estimate of drug-likeness (QED) is 0.848. The zero-order valence-electron chi connectivity index (χ0n) is 9.12. The lowest BCUT2D eigenvalue weighted by molar-refractivity contribution is 0.429. The zero-order chi connectivity index (χ0) is 10.7. The molecular formula is C11H16N2OS. The van der Waals surface area contributed by atoms with Gasteiger partial charge >= 0.3 is 0 Å². The Morgan fingerprint density at radius 2 is 2.47 bits per heavy atom. The van der Waals surface area contributed by atoms with Crippen LogP contribution in [0.15, 0.2) is 16.0 Å². The maximum Gasteiger partial charge on any atom is 0.177 e. The van der Waals surface area contributed by atoms with Gasteiger partial charge in [-0.2, -0.15) is 0 Å². The third-order valence-corrected chi connectivity index (χ3v) is 3.64. The fourth-order valence-corrected chi connectivity index (χ4v) is 2.68. The maximum absolute atomic E-state index is 5.29. The van der Waals surface area contributed by atoms with Crippen LogP contribution in [0.3, 0.4) is 0 Å². The first-order valence-electron chi connectivity index (χ1n) is 5.34. The molecule has 0 spiro atoms. The van der Waals surface area contributed by atoms with E-state index in [0.29, 0.717) is 5.92 Å². The molecule has 0 aliphatic rings. The maximum atomic E-state index is 5.29. The van der Waals surface area contributed by atoms with E-state index in [1.165, 1.54) is 4.70 Å². The van der Waals surface area contributed by atoms with E-state index in [2.05, 4.69) is 22.8 Å². The Kier molecular flexibility index (Phi) is 3.38. The molecule has 82 valence electrons. The number of nitrogens with one attached hydrogen (secondary N) is 1. The van der Waals surface area contributed by atoms with E-state index in [9.17, 15) is 0 Å². The summed E-state index contributed by atoms with van der Waals surface area (Å²) in [4.78, 5) is 0. The molecule has 3 nitrogen and oxygen atoms in total. The second-order valence-corrected chi connectivity index (χ2v) is 4.60. The van der Waals surface area contributed by atoms with E-state index in [0.717, 1.165) is 30.7 Å². The second kappa shape index (κ2) is 4.77. The highest BCUT2D eigenvalue weighted by atomic mass is 32.1. The Morgan fingerprint density at radius 1 is 1.60 bits per heavy atom. The van der Waals surface area contributed by atoms with Gasteiger partial charge in [-0.15, -0.1) is 11.3 Å². The molecule has 0 aliphatic heterocycles. The number of hydrogen-bond acceptors (Lipinski definition) is 4. The normalized spacial score (nSPS) is 13.5. The van der Waals surface area contributed by atoms with Crippen molar-refractivity contribution in [2.45, 2.75) is 25.7 Å². The standard InChI is InChI=1S/C11H16N2OS/c1-3-8(4-6-12-2)10-11-9(14-13-10)5-7-15-11/h5,7-8,12H,3-4,6H2,1-2H3. The van der Waals surface area contributed by atoms with Gasteiger partial charge in [0.05, 0.1) is 4.70 Å². The summed E-state index contributed by atoms with van der Waals surface area (Å²) in [6.45, 7) is 3.23. The van der Waals surface area contributed by atoms with Crippen LogP contribution in [0.1, 0.15) is 31.4 Å². The Balaban J connectivity index is 2.23. The smallest absolute Gasteiger partial charge is 0.177 e. The van der Waals surface area contributed by atoms with E-state index in [4.69, 9.17) is 4.52 Å². The molecule has 2 rings (SSSR count). The lowest BCUT2D eigenvalue weighted by Gasteiger charge is -2.10. The SMILES string of the molecule is CCC(CCNC)c1noc2ccsc12. The monoisotopic (exact) mass is 224 g/mol. The van der Waals surface area contributed by atoms with Gasteiger partial charge in [-0.05, 0) is 37.9 Å². The van der Waals surface area contributed by atoms with Crippen LogP contribution in [-0.2, 0) is 0 Å². The molecule has 0 amide bonds. The molecular weight excluding hydrogens is 208 g/mol. The molecule has 2 aromatic rings. The van der Waals surface area contributed by atoms with Crippen LogP contribution in [0, 0.1) is 0 Å². The molecule has 0 fully saturated rings. The number of nitrogens with zero attached hydrogens (tertiary/aromatic N) is 1. The number of thiophene rings is 1. The van der Waals surface area contributed by atoms with E-state index in [1.54, 1.807) is 11.3 Å². The molecule has 2 aromatic heterocycles. The topological polar surface area (TPSA) is 38.1 Å². The Bertz CT molecular complexity index is 421. The predicted molar refractivity (Wildman–Crippen MR) is 63.5 cm³/mol. The molecule has 15 heavy (non-hydrogen) atoms. The Labute approximate surface area is 93.5 Å². The molecule has 4 heteroatoms. The van der Waals surface area contributed by atoms with E-state index in [1.807, 2.05) is 13.1 Å². The lowest BCUT2D eigenvalue weighted by Crippen LogP contribution is -2.12. The van der Waals surface area contributed by atoms with Gasteiger partial charge in [0.1, 0.15) is 5.69 Å². The summed E-state index contributed by atoms with van der Waals surface area (Å²) in [5, 5.41) is 9.43. The minimum absolute atomic E-state index is 0.511. The predicted octanol–water partition coefficient (Wildman–Crippen LogP) is 2.99. The largest absolute Gasteiger partial charge is 0.355 e. The van der Waals surface area contributed by atoms with Crippen molar-refractivity contribution < 1.29 is 4.52 Å². The van der Waals surface area contributed by atoms with Gasteiger partial charge in [-0.3, -0.25) is 0 Å². The minimum atomic E-state index is 0.511. The van der Waals surface area contributed by atoms with Crippen LogP contribution < -0.4 is 5.32 Å². The van der Waals surface area contributed by atoms with E-state index in [-0.39, 0.29) is 0 Å². The third-order valence-electron chi connectivity index (χ3n) is 2.73. The van der Waals surface area contributed by atoms with Gasteiger partial charge in [0, 0.05) is 5.92 Å². The van der Waals surface area contributed by atoms with Gasteiger partial charge in [-0.1, -0.05) is 12.1 Å². The van der Waals surface area contributed by atoms with Crippen LogP contribution in [-0.4, -0.2) is 18.7 Å². The molecule has 1 unspecified atom stereocenters. The van der Waals surface area contributed by atoms with Crippen molar-refractivity contribution in [2.24, 2.45) is 0 Å². The molecule has 0 bridgehead atoms. The molecule has 0 aliphatic carbocycles. The van der Waals surface area contributed by atoms with Crippen LogP contribution in [0.4, 0.5) is 0 Å². The number of rotatable bonds is 5. The summed E-state index contributed by atoms with van der Waals surface area (Å²) in [6.07, 6.45) is 2.23. The van der Waals surface area contributed by atoms with E-state index >= 15 is 0 Å². The van der Waals surface area contributed by atoms with Crippen LogP contribution >= 0.6 is 11.3 Å². The van der Waals surface area contributed by atoms with Crippen LogP contribution in [0.2, 0.25) is 0 Å². The molecule has 1 atom stereocenters. The first-order chi connectivity index (χ1) is 7.36. The number of fused-ring (bicyclic) bond motifs is 1. The summed E-state index contributed by atoms with van der Waals surface area (Å²) in [5.74, 6) is 0.511. The van der Waals surface area contributed by atoms with Crippen molar-refractivity contribution in [3.8, 4) is 0 Å². The van der Waals surface area contributed by atoms with Crippen molar-refractivity contribution in [2.75, 3.05) is 13.6 Å². The summed E-state index contributed by atoms with van der Waals surface area (Å²) in [6, 6.07) is 1.99. The zero-order valence-corrected chi connectivity index (χ0v) is 9.93. The summed E-state index contributed by atoms with van der Waals surface area (Å²) >= 11 is 1.72. The van der Waals surface area contributed by atoms with Gasteiger partial charge in [-0.25, -0.2) is 0 Å². The third kappa shape index (κ3) is 2.06. The van der Waals surface area contributed by atoms with Gasteiger partial charge in [0.2, 0.25) is 0 Å².